The molecule has 0 saturated heterocycles. The molecule has 0 atom stereocenters. The molecular formula is C5H8F2N4. The Morgan fingerprint density at radius 2 is 2.45 bits per heavy atom. The second-order valence-corrected chi connectivity index (χ2v) is 1.99. The second-order valence-electron chi connectivity index (χ2n) is 1.99. The molecular weight excluding hydrogens is 154 g/mol. The third kappa shape index (κ3) is 1.95. The molecule has 1 aromatic rings. The van der Waals surface area contributed by atoms with Gasteiger partial charge in [0.2, 0.25) is 0 Å². The number of hydrogen-bond donors (Lipinski definition) is 2. The zero-order valence-electron chi connectivity index (χ0n) is 5.67. The molecule has 0 amide bonds. The third-order valence-electron chi connectivity index (χ3n) is 1.16. The Morgan fingerprint density at radius 1 is 1.73 bits per heavy atom. The molecule has 0 spiro atoms. The Morgan fingerprint density at radius 3 is 2.91 bits per heavy atom. The second kappa shape index (κ2) is 3.40. The fraction of sp³-hybridized carbons (Fsp3) is 0.400. The minimum absolute atomic E-state index is 0.340. The van der Waals surface area contributed by atoms with Gasteiger partial charge < -0.3 is 0 Å². The molecule has 0 radical (unpaired) electrons. The highest BCUT2D eigenvalue weighted by atomic mass is 19.3. The average Bonchev–Trinajstić information content (AvgIpc) is 2.37. The van der Waals surface area contributed by atoms with Gasteiger partial charge in [-0.15, -0.1) is 0 Å². The first-order valence-corrected chi connectivity index (χ1v) is 2.98. The molecule has 62 valence electrons. The molecule has 1 heterocycles. The predicted octanol–water partition coefficient (Wildman–Crippen LogP) is 0.241. The number of alkyl halides is 2. The Bertz CT molecular complexity index is 222. The van der Waals surface area contributed by atoms with Crippen molar-refractivity contribution in [1.82, 2.24) is 15.2 Å². The number of nitrogens with two attached hydrogens (primary N) is 1. The summed E-state index contributed by atoms with van der Waals surface area (Å²) in [4.78, 5) is 0. The summed E-state index contributed by atoms with van der Waals surface area (Å²) in [7, 11) is 0. The van der Waals surface area contributed by atoms with Gasteiger partial charge in [0.1, 0.15) is 0 Å². The van der Waals surface area contributed by atoms with Crippen molar-refractivity contribution in [3.05, 3.63) is 18.0 Å². The lowest BCUT2D eigenvalue weighted by atomic mass is 10.4. The Balaban J connectivity index is 2.66. The van der Waals surface area contributed by atoms with Crippen molar-refractivity contribution in [3.8, 4) is 0 Å². The van der Waals surface area contributed by atoms with Crippen molar-refractivity contribution in [1.29, 1.82) is 0 Å². The summed E-state index contributed by atoms with van der Waals surface area (Å²) in [5.41, 5.74) is 2.97. The molecule has 11 heavy (non-hydrogen) atoms. The fourth-order valence-electron chi connectivity index (χ4n) is 0.693. The molecule has 0 aliphatic carbocycles. The lowest BCUT2D eigenvalue weighted by Crippen LogP contribution is -2.20. The van der Waals surface area contributed by atoms with Gasteiger partial charge in [0, 0.05) is 18.3 Å². The number of nitrogens with one attached hydrogen (secondary N) is 1. The van der Waals surface area contributed by atoms with Crippen LogP contribution in [0.2, 0.25) is 0 Å². The minimum Gasteiger partial charge on any atom is -0.271 e. The van der Waals surface area contributed by atoms with E-state index in [1.165, 1.54) is 12.4 Å². The van der Waals surface area contributed by atoms with Gasteiger partial charge in [-0.25, -0.2) is 4.68 Å². The SMILES string of the molecule is NNCc1cnn(C(F)F)c1. The Kier molecular flexibility index (Phi) is 2.50. The summed E-state index contributed by atoms with van der Waals surface area (Å²) in [6.07, 6.45) is 2.58. The summed E-state index contributed by atoms with van der Waals surface area (Å²) in [6, 6.07) is 0. The van der Waals surface area contributed by atoms with Crippen LogP contribution in [-0.4, -0.2) is 9.78 Å². The Hall–Kier alpha value is -1.01. The number of rotatable bonds is 3. The summed E-state index contributed by atoms with van der Waals surface area (Å²) in [6.45, 7) is -2.24. The van der Waals surface area contributed by atoms with Crippen molar-refractivity contribution in [2.24, 2.45) is 5.84 Å². The molecule has 3 N–H and O–H groups in total. The monoisotopic (exact) mass is 162 g/mol. The molecule has 0 bridgehead atoms. The van der Waals surface area contributed by atoms with Crippen LogP contribution in [-0.2, 0) is 6.54 Å². The standard InChI is InChI=1S/C5H8F2N4/c6-5(7)11-3-4(1-9-8)2-10-11/h2-3,5,9H,1,8H2. The van der Waals surface area contributed by atoms with Gasteiger partial charge in [0.15, 0.2) is 0 Å². The third-order valence-corrected chi connectivity index (χ3v) is 1.16. The quantitative estimate of drug-likeness (QED) is 0.494. The summed E-state index contributed by atoms with van der Waals surface area (Å²) < 4.78 is 24.3. The fourth-order valence-corrected chi connectivity index (χ4v) is 0.693. The number of hydrazine groups is 1. The van der Waals surface area contributed by atoms with Gasteiger partial charge in [-0.05, 0) is 0 Å². The van der Waals surface area contributed by atoms with Gasteiger partial charge >= 0.3 is 6.55 Å². The molecule has 6 heteroatoms. The van der Waals surface area contributed by atoms with Crippen molar-refractivity contribution >= 4 is 0 Å². The predicted molar refractivity (Wildman–Crippen MR) is 34.5 cm³/mol. The molecule has 0 aliphatic rings. The van der Waals surface area contributed by atoms with Crippen molar-refractivity contribution < 1.29 is 8.78 Å². The van der Waals surface area contributed by atoms with Crippen LogP contribution in [0, 0.1) is 0 Å². The molecule has 1 aromatic heterocycles. The largest absolute Gasteiger partial charge is 0.333 e. The van der Waals surface area contributed by atoms with Gasteiger partial charge in [-0.1, -0.05) is 0 Å². The first kappa shape index (κ1) is 8.09. The van der Waals surface area contributed by atoms with E-state index in [9.17, 15) is 8.78 Å². The highest BCUT2D eigenvalue weighted by Gasteiger charge is 2.05. The van der Waals surface area contributed by atoms with Gasteiger partial charge in [-0.3, -0.25) is 11.3 Å². The molecule has 1 rings (SSSR count). The van der Waals surface area contributed by atoms with E-state index in [0.717, 1.165) is 0 Å². The van der Waals surface area contributed by atoms with Crippen LogP contribution in [0.15, 0.2) is 12.4 Å². The molecule has 0 unspecified atom stereocenters. The van der Waals surface area contributed by atoms with E-state index in [1.54, 1.807) is 0 Å². The summed E-state index contributed by atoms with van der Waals surface area (Å²) >= 11 is 0. The van der Waals surface area contributed by atoms with Crippen LogP contribution in [0.1, 0.15) is 12.1 Å². The van der Waals surface area contributed by atoms with E-state index in [1.807, 2.05) is 0 Å². The highest BCUT2D eigenvalue weighted by molar-refractivity contribution is 5.02. The number of halogens is 2. The minimum atomic E-state index is -2.58. The smallest absolute Gasteiger partial charge is 0.271 e. The Labute approximate surface area is 62.0 Å². The number of hydrogen-bond acceptors (Lipinski definition) is 3. The zero-order chi connectivity index (χ0) is 8.27. The van der Waals surface area contributed by atoms with Crippen LogP contribution >= 0.6 is 0 Å². The van der Waals surface area contributed by atoms with E-state index >= 15 is 0 Å². The molecule has 0 aromatic carbocycles. The van der Waals surface area contributed by atoms with E-state index < -0.39 is 6.55 Å². The molecule has 0 fully saturated rings. The summed E-state index contributed by atoms with van der Waals surface area (Å²) in [5, 5.41) is 3.41. The normalized spacial score (nSPS) is 10.9. The first-order chi connectivity index (χ1) is 5.24. The maximum atomic E-state index is 11.9. The highest BCUT2D eigenvalue weighted by Crippen LogP contribution is 2.08. The first-order valence-electron chi connectivity index (χ1n) is 2.98. The van der Waals surface area contributed by atoms with E-state index in [-0.39, 0.29) is 0 Å². The van der Waals surface area contributed by atoms with Gasteiger partial charge in [0.25, 0.3) is 0 Å². The topological polar surface area (TPSA) is 55.9 Å². The van der Waals surface area contributed by atoms with Gasteiger partial charge in [0.05, 0.1) is 6.20 Å². The van der Waals surface area contributed by atoms with Gasteiger partial charge in [-0.2, -0.15) is 13.9 Å². The van der Waals surface area contributed by atoms with Crippen LogP contribution in [0.25, 0.3) is 0 Å². The number of nitrogens with zero attached hydrogens (tertiary/aromatic N) is 2. The molecule has 0 saturated carbocycles. The summed E-state index contributed by atoms with van der Waals surface area (Å²) in [5.74, 6) is 4.97. The van der Waals surface area contributed by atoms with Crippen molar-refractivity contribution in [2.45, 2.75) is 13.1 Å². The maximum absolute atomic E-state index is 11.9. The lowest BCUT2D eigenvalue weighted by molar-refractivity contribution is 0.0565. The van der Waals surface area contributed by atoms with Crippen LogP contribution < -0.4 is 11.3 Å². The number of aromatic nitrogens is 2. The molecule has 4 nitrogen and oxygen atoms in total. The van der Waals surface area contributed by atoms with Crippen molar-refractivity contribution in [3.63, 3.8) is 0 Å². The van der Waals surface area contributed by atoms with Crippen molar-refractivity contribution in [2.75, 3.05) is 0 Å². The average molecular weight is 162 g/mol. The van der Waals surface area contributed by atoms with E-state index in [2.05, 4.69) is 10.5 Å². The van der Waals surface area contributed by atoms with Crippen LogP contribution in [0.4, 0.5) is 8.78 Å². The zero-order valence-corrected chi connectivity index (χ0v) is 5.67. The van der Waals surface area contributed by atoms with E-state index in [0.29, 0.717) is 16.8 Å². The van der Waals surface area contributed by atoms with Crippen LogP contribution in [0.5, 0.6) is 0 Å². The maximum Gasteiger partial charge on any atom is 0.333 e. The van der Waals surface area contributed by atoms with E-state index in [4.69, 9.17) is 5.84 Å². The lowest BCUT2D eigenvalue weighted by Gasteiger charge is -1.95. The van der Waals surface area contributed by atoms with Crippen LogP contribution in [0.3, 0.4) is 0 Å². The molecule has 0 aliphatic heterocycles.